The van der Waals surface area contributed by atoms with Crippen molar-refractivity contribution in [1.82, 2.24) is 9.29 Å². The number of nitrogens with zero attached hydrogens (tertiary/aromatic N) is 1. The molecule has 0 saturated carbocycles. The minimum Gasteiger partial charge on any atom is -0.497 e. The maximum Gasteiger partial charge on any atom is 0.243 e. The highest BCUT2D eigenvalue weighted by Crippen LogP contribution is 2.33. The first-order valence-electron chi connectivity index (χ1n) is 8.90. The minimum absolute atomic E-state index is 0.139. The average molecular weight is 388 g/mol. The molecule has 1 N–H and O–H groups in total. The van der Waals surface area contributed by atoms with E-state index in [1.165, 1.54) is 28.6 Å². The molecule has 0 spiro atoms. The normalized spacial score (nSPS) is 16.7. The molecule has 4 rings (SSSR count). The van der Waals surface area contributed by atoms with Crippen LogP contribution in [0.3, 0.4) is 0 Å². The second kappa shape index (κ2) is 6.98. The Bertz CT molecular complexity index is 1050. The van der Waals surface area contributed by atoms with Crippen LogP contribution in [0, 0.1) is 5.82 Å². The van der Waals surface area contributed by atoms with Gasteiger partial charge in [-0.1, -0.05) is 0 Å². The van der Waals surface area contributed by atoms with Crippen LogP contribution in [0.1, 0.15) is 24.5 Å². The number of fused-ring (bicyclic) bond motifs is 1. The average Bonchev–Trinajstić information content (AvgIpc) is 3.11. The maximum absolute atomic E-state index is 13.1. The van der Waals surface area contributed by atoms with E-state index in [4.69, 9.17) is 4.74 Å². The van der Waals surface area contributed by atoms with E-state index in [0.29, 0.717) is 13.1 Å². The van der Waals surface area contributed by atoms with Crippen LogP contribution in [0.5, 0.6) is 5.75 Å². The molecule has 1 aliphatic heterocycles. The summed E-state index contributed by atoms with van der Waals surface area (Å²) in [6.45, 7) is 0.895. The van der Waals surface area contributed by atoms with Gasteiger partial charge in [0, 0.05) is 35.6 Å². The van der Waals surface area contributed by atoms with Crippen LogP contribution < -0.4 is 4.74 Å². The fourth-order valence-corrected chi connectivity index (χ4v) is 5.11. The van der Waals surface area contributed by atoms with Gasteiger partial charge in [0.2, 0.25) is 10.0 Å². The lowest BCUT2D eigenvalue weighted by atomic mass is 9.95. The number of hydrogen-bond donors (Lipinski definition) is 1. The molecule has 1 saturated heterocycles. The van der Waals surface area contributed by atoms with Gasteiger partial charge in [-0.25, -0.2) is 12.8 Å². The number of sulfonamides is 1. The standard InChI is InChI=1S/C20H21FN2O3S/c1-26-17-4-7-19-15(12-17)13-20(22-19)14-8-10-23(11-9-14)27(24,25)18-5-2-16(21)3-6-18/h2-7,12-14,22H,8-11H2,1H3. The summed E-state index contributed by atoms with van der Waals surface area (Å²) in [7, 11) is -1.93. The quantitative estimate of drug-likeness (QED) is 0.738. The maximum atomic E-state index is 13.1. The summed E-state index contributed by atoms with van der Waals surface area (Å²) in [4.78, 5) is 3.58. The van der Waals surface area contributed by atoms with Crippen LogP contribution in [-0.4, -0.2) is 37.9 Å². The third-order valence-electron chi connectivity index (χ3n) is 5.19. The van der Waals surface area contributed by atoms with Crippen molar-refractivity contribution in [2.75, 3.05) is 20.2 Å². The number of ether oxygens (including phenoxy) is 1. The Morgan fingerprint density at radius 2 is 1.78 bits per heavy atom. The molecule has 1 aromatic heterocycles. The molecule has 142 valence electrons. The van der Waals surface area contributed by atoms with Crippen molar-refractivity contribution in [3.63, 3.8) is 0 Å². The van der Waals surface area contributed by atoms with Gasteiger partial charge in [-0.05, 0) is 61.4 Å². The molecule has 1 fully saturated rings. The van der Waals surface area contributed by atoms with E-state index in [-0.39, 0.29) is 10.8 Å². The first kappa shape index (κ1) is 18.0. The van der Waals surface area contributed by atoms with Gasteiger partial charge in [0.1, 0.15) is 11.6 Å². The highest BCUT2D eigenvalue weighted by molar-refractivity contribution is 7.89. The van der Waals surface area contributed by atoms with Crippen LogP contribution in [-0.2, 0) is 10.0 Å². The number of rotatable bonds is 4. The molecule has 0 unspecified atom stereocenters. The molecule has 2 aromatic carbocycles. The number of H-pyrrole nitrogens is 1. The third kappa shape index (κ3) is 3.44. The molecule has 3 aromatic rings. The van der Waals surface area contributed by atoms with E-state index in [1.54, 1.807) is 7.11 Å². The van der Waals surface area contributed by atoms with Crippen LogP contribution in [0.2, 0.25) is 0 Å². The van der Waals surface area contributed by atoms with E-state index in [2.05, 4.69) is 11.1 Å². The number of nitrogens with one attached hydrogen (secondary N) is 1. The predicted octanol–water partition coefficient (Wildman–Crippen LogP) is 3.88. The lowest BCUT2D eigenvalue weighted by Crippen LogP contribution is -2.37. The van der Waals surface area contributed by atoms with Crippen molar-refractivity contribution in [3.8, 4) is 5.75 Å². The zero-order valence-electron chi connectivity index (χ0n) is 15.0. The zero-order chi connectivity index (χ0) is 19.0. The first-order valence-corrected chi connectivity index (χ1v) is 10.3. The number of methoxy groups -OCH3 is 1. The van der Waals surface area contributed by atoms with Gasteiger partial charge >= 0.3 is 0 Å². The van der Waals surface area contributed by atoms with E-state index < -0.39 is 15.8 Å². The molecule has 0 aliphatic carbocycles. The van der Waals surface area contributed by atoms with Crippen LogP contribution in [0.15, 0.2) is 53.4 Å². The molecule has 27 heavy (non-hydrogen) atoms. The first-order chi connectivity index (χ1) is 13.0. The third-order valence-corrected chi connectivity index (χ3v) is 7.11. The Balaban J connectivity index is 1.49. The second-order valence-corrected chi connectivity index (χ2v) is 8.75. The summed E-state index contributed by atoms with van der Waals surface area (Å²) >= 11 is 0. The smallest absolute Gasteiger partial charge is 0.243 e. The van der Waals surface area contributed by atoms with Crippen LogP contribution >= 0.6 is 0 Å². The number of hydrogen-bond acceptors (Lipinski definition) is 3. The van der Waals surface area contributed by atoms with Gasteiger partial charge in [-0.2, -0.15) is 4.31 Å². The van der Waals surface area contributed by atoms with Gasteiger partial charge in [-0.3, -0.25) is 0 Å². The van der Waals surface area contributed by atoms with E-state index in [0.717, 1.165) is 35.2 Å². The monoisotopic (exact) mass is 388 g/mol. The number of aromatic amines is 1. The summed E-state index contributed by atoms with van der Waals surface area (Å²) in [6, 6.07) is 13.0. The van der Waals surface area contributed by atoms with Gasteiger partial charge in [0.15, 0.2) is 0 Å². The summed E-state index contributed by atoms with van der Waals surface area (Å²) in [6.07, 6.45) is 1.48. The highest BCUT2D eigenvalue weighted by atomic mass is 32.2. The number of aromatic nitrogens is 1. The van der Waals surface area contributed by atoms with Gasteiger partial charge in [-0.15, -0.1) is 0 Å². The van der Waals surface area contributed by atoms with Crippen molar-refractivity contribution in [3.05, 3.63) is 60.0 Å². The Morgan fingerprint density at radius 3 is 2.44 bits per heavy atom. The molecule has 0 radical (unpaired) electrons. The molecule has 1 aliphatic rings. The van der Waals surface area contributed by atoms with Crippen LogP contribution in [0.25, 0.3) is 10.9 Å². The lowest BCUT2D eigenvalue weighted by molar-refractivity contribution is 0.317. The summed E-state index contributed by atoms with van der Waals surface area (Å²) in [5, 5.41) is 1.09. The highest BCUT2D eigenvalue weighted by Gasteiger charge is 2.30. The van der Waals surface area contributed by atoms with Crippen molar-refractivity contribution < 1.29 is 17.5 Å². The van der Waals surface area contributed by atoms with E-state index in [1.807, 2.05) is 18.2 Å². The molecule has 2 heterocycles. The van der Waals surface area contributed by atoms with Gasteiger partial charge < -0.3 is 9.72 Å². The van der Waals surface area contributed by atoms with Gasteiger partial charge in [0.05, 0.1) is 12.0 Å². The Kier molecular flexibility index (Phi) is 4.65. The fraction of sp³-hybridized carbons (Fsp3) is 0.300. The minimum atomic E-state index is -3.58. The number of halogens is 1. The molecular weight excluding hydrogens is 367 g/mol. The Hall–Kier alpha value is -2.38. The van der Waals surface area contributed by atoms with Crippen LogP contribution in [0.4, 0.5) is 4.39 Å². The molecular formula is C20H21FN2O3S. The summed E-state index contributed by atoms with van der Waals surface area (Å²) in [5.74, 6) is 0.652. The fourth-order valence-electron chi connectivity index (χ4n) is 3.64. The second-order valence-electron chi connectivity index (χ2n) is 6.81. The molecule has 0 bridgehead atoms. The largest absolute Gasteiger partial charge is 0.497 e. The number of piperidine rings is 1. The van der Waals surface area contributed by atoms with E-state index >= 15 is 0 Å². The SMILES string of the molecule is COc1ccc2[nH]c(C3CCN(S(=O)(=O)c4ccc(F)cc4)CC3)cc2c1. The molecule has 5 nitrogen and oxygen atoms in total. The van der Waals surface area contributed by atoms with Crippen molar-refractivity contribution >= 4 is 20.9 Å². The van der Waals surface area contributed by atoms with Crippen molar-refractivity contribution in [1.29, 1.82) is 0 Å². The molecule has 0 atom stereocenters. The van der Waals surface area contributed by atoms with Crippen molar-refractivity contribution in [2.45, 2.75) is 23.7 Å². The Morgan fingerprint density at radius 1 is 1.07 bits per heavy atom. The van der Waals surface area contributed by atoms with E-state index in [9.17, 15) is 12.8 Å². The summed E-state index contributed by atoms with van der Waals surface area (Å²) in [5.41, 5.74) is 2.17. The number of benzene rings is 2. The van der Waals surface area contributed by atoms with Gasteiger partial charge in [0.25, 0.3) is 0 Å². The molecule has 7 heteroatoms. The summed E-state index contributed by atoms with van der Waals surface area (Å²) < 4.78 is 45.3. The van der Waals surface area contributed by atoms with Crippen molar-refractivity contribution in [2.24, 2.45) is 0 Å². The topological polar surface area (TPSA) is 62.4 Å². The Labute approximate surface area is 157 Å². The lowest BCUT2D eigenvalue weighted by Gasteiger charge is -2.30. The zero-order valence-corrected chi connectivity index (χ0v) is 15.8. The molecule has 0 amide bonds. The predicted molar refractivity (Wildman–Crippen MR) is 102 cm³/mol.